The molecule has 1 aromatic heterocycles. The number of nitrogens with zero attached hydrogens (tertiary/aromatic N) is 3. The minimum absolute atomic E-state index is 0.288. The number of piperidine rings is 1. The van der Waals surface area contributed by atoms with Crippen LogP contribution in [0.25, 0.3) is 5.69 Å². The molecule has 1 aliphatic carbocycles. The number of aromatic hydroxyl groups is 1. The molecule has 1 aromatic carbocycles. The van der Waals surface area contributed by atoms with Crippen LogP contribution >= 0.6 is 0 Å². The smallest absolute Gasteiger partial charge is 0.115 e. The molecule has 1 aliphatic heterocycles. The van der Waals surface area contributed by atoms with Gasteiger partial charge in [-0.25, -0.2) is 4.68 Å². The fourth-order valence-corrected chi connectivity index (χ4v) is 3.60. The van der Waals surface area contributed by atoms with Gasteiger partial charge >= 0.3 is 0 Å². The quantitative estimate of drug-likeness (QED) is 0.914. The first kappa shape index (κ1) is 14.6. The lowest BCUT2D eigenvalue weighted by atomic mass is 9.82. The molecule has 5 nitrogen and oxygen atoms in total. The summed E-state index contributed by atoms with van der Waals surface area (Å²) in [6, 6.07) is 7.65. The number of hydrogen-bond acceptors (Lipinski definition) is 4. The Labute approximate surface area is 136 Å². The third-order valence-electron chi connectivity index (χ3n) is 5.25. The van der Waals surface area contributed by atoms with Crippen LogP contribution < -0.4 is 10.6 Å². The molecule has 4 rings (SSSR count). The molecule has 0 radical (unpaired) electrons. The lowest BCUT2D eigenvalue weighted by Gasteiger charge is -2.35. The van der Waals surface area contributed by atoms with Crippen LogP contribution in [-0.4, -0.2) is 34.0 Å². The third-order valence-corrected chi connectivity index (χ3v) is 5.25. The number of rotatable bonds is 3. The SMILES string of the molecule is NC1CCN(c2cnn(-c3ccc(O)cc3)c2C2CCC2)CC1. The molecule has 2 aliphatic rings. The van der Waals surface area contributed by atoms with Gasteiger partial charge in [0.15, 0.2) is 0 Å². The van der Waals surface area contributed by atoms with E-state index >= 15 is 0 Å². The van der Waals surface area contributed by atoms with Gasteiger partial charge in [0.1, 0.15) is 5.75 Å². The van der Waals surface area contributed by atoms with E-state index in [0.717, 1.165) is 31.6 Å². The molecule has 0 spiro atoms. The molecule has 2 fully saturated rings. The fraction of sp³-hybridized carbons (Fsp3) is 0.500. The van der Waals surface area contributed by atoms with Crippen molar-refractivity contribution in [3.05, 3.63) is 36.2 Å². The van der Waals surface area contributed by atoms with E-state index in [1.807, 2.05) is 18.3 Å². The predicted molar refractivity (Wildman–Crippen MR) is 91.2 cm³/mol. The average molecular weight is 312 g/mol. The van der Waals surface area contributed by atoms with Crippen molar-refractivity contribution in [3.8, 4) is 11.4 Å². The first-order valence-electron chi connectivity index (χ1n) is 8.60. The number of hydrogen-bond donors (Lipinski definition) is 2. The van der Waals surface area contributed by atoms with Crippen molar-refractivity contribution in [2.45, 2.75) is 44.1 Å². The summed E-state index contributed by atoms with van der Waals surface area (Å²) in [4.78, 5) is 2.45. The number of nitrogens with two attached hydrogens (primary N) is 1. The highest BCUT2D eigenvalue weighted by molar-refractivity contribution is 5.55. The molecule has 23 heavy (non-hydrogen) atoms. The van der Waals surface area contributed by atoms with E-state index in [0.29, 0.717) is 12.0 Å². The summed E-state index contributed by atoms with van der Waals surface area (Å²) >= 11 is 0. The molecule has 1 saturated carbocycles. The first-order chi connectivity index (χ1) is 11.2. The van der Waals surface area contributed by atoms with Gasteiger partial charge in [-0.05, 0) is 49.9 Å². The van der Waals surface area contributed by atoms with Gasteiger partial charge in [0.05, 0.1) is 23.3 Å². The van der Waals surface area contributed by atoms with Gasteiger partial charge in [-0.1, -0.05) is 6.42 Å². The lowest BCUT2D eigenvalue weighted by Crippen LogP contribution is -2.40. The molecule has 5 heteroatoms. The normalized spacial score (nSPS) is 19.8. The lowest BCUT2D eigenvalue weighted by molar-refractivity contribution is 0.401. The second-order valence-electron chi connectivity index (χ2n) is 6.80. The van der Waals surface area contributed by atoms with Crippen LogP contribution in [0.4, 0.5) is 5.69 Å². The Bertz CT molecular complexity index is 667. The monoisotopic (exact) mass is 312 g/mol. The van der Waals surface area contributed by atoms with Crippen LogP contribution in [0.3, 0.4) is 0 Å². The van der Waals surface area contributed by atoms with E-state index in [2.05, 4.69) is 14.7 Å². The zero-order chi connectivity index (χ0) is 15.8. The molecule has 0 unspecified atom stereocenters. The van der Waals surface area contributed by atoms with E-state index in [4.69, 9.17) is 5.73 Å². The van der Waals surface area contributed by atoms with Crippen LogP contribution in [-0.2, 0) is 0 Å². The van der Waals surface area contributed by atoms with Crippen molar-refractivity contribution < 1.29 is 5.11 Å². The summed E-state index contributed by atoms with van der Waals surface area (Å²) in [5, 5.41) is 14.2. The number of anilines is 1. The van der Waals surface area contributed by atoms with E-state index in [-0.39, 0.29) is 5.75 Å². The first-order valence-corrected chi connectivity index (χ1v) is 8.60. The third kappa shape index (κ3) is 2.70. The summed E-state index contributed by atoms with van der Waals surface area (Å²) in [5.41, 5.74) is 9.67. The summed E-state index contributed by atoms with van der Waals surface area (Å²) in [7, 11) is 0. The minimum Gasteiger partial charge on any atom is -0.508 e. The van der Waals surface area contributed by atoms with Gasteiger partial charge in [-0.15, -0.1) is 0 Å². The van der Waals surface area contributed by atoms with E-state index in [9.17, 15) is 5.11 Å². The highest BCUT2D eigenvalue weighted by atomic mass is 16.3. The summed E-state index contributed by atoms with van der Waals surface area (Å²) < 4.78 is 2.06. The van der Waals surface area contributed by atoms with Gasteiger partial charge in [-0.2, -0.15) is 5.10 Å². The topological polar surface area (TPSA) is 67.3 Å². The molecule has 2 aromatic rings. The van der Waals surface area contributed by atoms with Gasteiger partial charge in [0.25, 0.3) is 0 Å². The molecule has 0 bridgehead atoms. The molecule has 2 heterocycles. The molecule has 0 atom stereocenters. The molecule has 122 valence electrons. The number of phenols is 1. The van der Waals surface area contributed by atoms with Crippen molar-refractivity contribution >= 4 is 5.69 Å². The van der Waals surface area contributed by atoms with Crippen LogP contribution in [0.2, 0.25) is 0 Å². The van der Waals surface area contributed by atoms with Gasteiger partial charge in [0.2, 0.25) is 0 Å². The van der Waals surface area contributed by atoms with Crippen molar-refractivity contribution in [3.63, 3.8) is 0 Å². The Hall–Kier alpha value is -2.01. The summed E-state index contributed by atoms with van der Waals surface area (Å²) in [6.45, 7) is 2.03. The number of aromatic nitrogens is 2. The molecule has 1 saturated heterocycles. The second kappa shape index (κ2) is 5.89. The molecule has 3 N–H and O–H groups in total. The summed E-state index contributed by atoms with van der Waals surface area (Å²) in [6.07, 6.45) is 7.89. The highest BCUT2D eigenvalue weighted by Crippen LogP contribution is 2.42. The maximum atomic E-state index is 9.52. The Morgan fingerprint density at radius 3 is 2.35 bits per heavy atom. The maximum Gasteiger partial charge on any atom is 0.115 e. The minimum atomic E-state index is 0.288. The molecule has 0 amide bonds. The van der Waals surface area contributed by atoms with Crippen molar-refractivity contribution in [1.29, 1.82) is 0 Å². The highest BCUT2D eigenvalue weighted by Gasteiger charge is 2.30. The van der Waals surface area contributed by atoms with Crippen molar-refractivity contribution in [2.75, 3.05) is 18.0 Å². The Morgan fingerprint density at radius 1 is 1.04 bits per heavy atom. The number of phenolic OH excluding ortho intramolecular Hbond substituents is 1. The summed E-state index contributed by atoms with van der Waals surface area (Å²) in [5.74, 6) is 0.883. The predicted octanol–water partition coefficient (Wildman–Crippen LogP) is 2.77. The Morgan fingerprint density at radius 2 is 1.74 bits per heavy atom. The standard InChI is InChI=1S/C18H24N4O/c19-14-8-10-21(11-9-14)17-12-20-22(18(17)13-2-1-3-13)15-4-6-16(23)7-5-15/h4-7,12-14,23H,1-3,8-11,19H2. The Balaban J connectivity index is 1.71. The largest absolute Gasteiger partial charge is 0.508 e. The van der Waals surface area contributed by atoms with Crippen LogP contribution in [0, 0.1) is 0 Å². The molecular formula is C18H24N4O. The maximum absolute atomic E-state index is 9.52. The van der Waals surface area contributed by atoms with Crippen LogP contribution in [0.1, 0.15) is 43.7 Å². The van der Waals surface area contributed by atoms with Crippen molar-refractivity contribution in [1.82, 2.24) is 9.78 Å². The van der Waals surface area contributed by atoms with E-state index in [1.165, 1.54) is 30.6 Å². The molecular weight excluding hydrogens is 288 g/mol. The van der Waals surface area contributed by atoms with Gasteiger partial charge < -0.3 is 15.7 Å². The second-order valence-corrected chi connectivity index (χ2v) is 6.80. The van der Waals surface area contributed by atoms with Crippen molar-refractivity contribution in [2.24, 2.45) is 5.73 Å². The fourth-order valence-electron chi connectivity index (χ4n) is 3.60. The number of benzene rings is 1. The van der Waals surface area contributed by atoms with E-state index in [1.54, 1.807) is 12.1 Å². The van der Waals surface area contributed by atoms with Gasteiger partial charge in [-0.3, -0.25) is 0 Å². The van der Waals surface area contributed by atoms with E-state index < -0.39 is 0 Å². The van der Waals surface area contributed by atoms with Crippen LogP contribution in [0.15, 0.2) is 30.5 Å². The average Bonchev–Trinajstić information content (AvgIpc) is 2.92. The Kier molecular flexibility index (Phi) is 3.73. The zero-order valence-electron chi connectivity index (χ0n) is 13.4. The zero-order valence-corrected chi connectivity index (χ0v) is 13.4. The van der Waals surface area contributed by atoms with Gasteiger partial charge in [0, 0.05) is 25.0 Å². The van der Waals surface area contributed by atoms with Crippen LogP contribution in [0.5, 0.6) is 5.75 Å².